The first kappa shape index (κ1) is 14.8. The quantitative estimate of drug-likeness (QED) is 0.929. The molecule has 106 valence electrons. The number of anilines is 1. The lowest BCUT2D eigenvalue weighted by molar-refractivity contribution is 0.626. The summed E-state index contributed by atoms with van der Waals surface area (Å²) in [5.74, 6) is -0.403. The average molecular weight is 293 g/mol. The van der Waals surface area contributed by atoms with Crippen LogP contribution >= 0.6 is 11.6 Å². The summed E-state index contributed by atoms with van der Waals surface area (Å²) >= 11 is 5.78. The molecular formula is C16H18ClFN2. The summed E-state index contributed by atoms with van der Waals surface area (Å²) < 4.78 is 13.1. The minimum Gasteiger partial charge on any atom is -0.378 e. The third-order valence-electron chi connectivity index (χ3n) is 3.28. The molecule has 2 aromatic carbocycles. The van der Waals surface area contributed by atoms with Gasteiger partial charge in [0.15, 0.2) is 0 Å². The maximum absolute atomic E-state index is 13.1. The van der Waals surface area contributed by atoms with Crippen LogP contribution in [0.1, 0.15) is 17.2 Å². The molecule has 0 heterocycles. The predicted octanol–water partition coefficient (Wildman–Crippen LogP) is 3.79. The fraction of sp³-hybridized carbons (Fsp3) is 0.250. The predicted molar refractivity (Wildman–Crippen MR) is 82.8 cm³/mol. The third kappa shape index (κ3) is 3.50. The first-order valence-corrected chi connectivity index (χ1v) is 6.82. The largest absolute Gasteiger partial charge is 0.378 e. The summed E-state index contributed by atoms with van der Waals surface area (Å²) in [6, 6.07) is 12.7. The second kappa shape index (κ2) is 6.25. The van der Waals surface area contributed by atoms with Crippen LogP contribution in [0, 0.1) is 5.82 Å². The van der Waals surface area contributed by atoms with E-state index in [1.165, 1.54) is 6.07 Å². The number of hydrogen-bond acceptors (Lipinski definition) is 2. The van der Waals surface area contributed by atoms with Crippen molar-refractivity contribution >= 4 is 17.3 Å². The van der Waals surface area contributed by atoms with E-state index >= 15 is 0 Å². The van der Waals surface area contributed by atoms with Crippen LogP contribution in [0.25, 0.3) is 0 Å². The van der Waals surface area contributed by atoms with Gasteiger partial charge in [-0.3, -0.25) is 0 Å². The molecule has 20 heavy (non-hydrogen) atoms. The Labute approximate surface area is 124 Å². The first-order valence-electron chi connectivity index (χ1n) is 6.44. The van der Waals surface area contributed by atoms with E-state index < -0.39 is 5.82 Å². The van der Waals surface area contributed by atoms with Gasteiger partial charge < -0.3 is 10.6 Å². The van der Waals surface area contributed by atoms with Crippen molar-refractivity contribution in [3.8, 4) is 0 Å². The lowest BCUT2D eigenvalue weighted by atomic mass is 9.99. The van der Waals surface area contributed by atoms with Gasteiger partial charge in [-0.1, -0.05) is 29.8 Å². The van der Waals surface area contributed by atoms with Crippen LogP contribution in [-0.4, -0.2) is 14.1 Å². The zero-order chi connectivity index (χ0) is 14.7. The monoisotopic (exact) mass is 292 g/mol. The van der Waals surface area contributed by atoms with Crippen molar-refractivity contribution in [2.45, 2.75) is 12.5 Å². The molecule has 2 nitrogen and oxygen atoms in total. The smallest absolute Gasteiger partial charge is 0.141 e. The first-order chi connectivity index (χ1) is 9.47. The van der Waals surface area contributed by atoms with E-state index in [4.69, 9.17) is 17.3 Å². The highest BCUT2D eigenvalue weighted by Gasteiger charge is 2.09. The van der Waals surface area contributed by atoms with Gasteiger partial charge in [0.1, 0.15) is 5.82 Å². The Morgan fingerprint density at radius 1 is 1.15 bits per heavy atom. The maximum atomic E-state index is 13.1. The highest BCUT2D eigenvalue weighted by Crippen LogP contribution is 2.22. The second-order valence-corrected chi connectivity index (χ2v) is 5.45. The third-order valence-corrected chi connectivity index (χ3v) is 3.57. The summed E-state index contributed by atoms with van der Waals surface area (Å²) in [5, 5.41) is 0.137. The number of nitrogens with two attached hydrogens (primary N) is 1. The van der Waals surface area contributed by atoms with Gasteiger partial charge in [0.2, 0.25) is 0 Å². The molecule has 2 aromatic rings. The van der Waals surface area contributed by atoms with Crippen molar-refractivity contribution in [3.63, 3.8) is 0 Å². The minimum absolute atomic E-state index is 0.132. The zero-order valence-corrected chi connectivity index (χ0v) is 12.4. The van der Waals surface area contributed by atoms with Gasteiger partial charge in [0.05, 0.1) is 5.02 Å². The van der Waals surface area contributed by atoms with E-state index in [2.05, 4.69) is 0 Å². The van der Waals surface area contributed by atoms with Gasteiger partial charge in [-0.2, -0.15) is 0 Å². The molecule has 0 saturated heterocycles. The molecule has 0 bridgehead atoms. The van der Waals surface area contributed by atoms with Crippen LogP contribution in [-0.2, 0) is 6.42 Å². The number of halogens is 2. The molecule has 0 aliphatic carbocycles. The van der Waals surface area contributed by atoms with Crippen LogP contribution in [0.5, 0.6) is 0 Å². The van der Waals surface area contributed by atoms with E-state index in [-0.39, 0.29) is 11.1 Å². The fourth-order valence-corrected chi connectivity index (χ4v) is 2.26. The van der Waals surface area contributed by atoms with Crippen molar-refractivity contribution in [3.05, 3.63) is 64.4 Å². The summed E-state index contributed by atoms with van der Waals surface area (Å²) in [6.07, 6.45) is 0.626. The Hall–Kier alpha value is -1.58. The Balaban J connectivity index is 2.10. The molecule has 4 heteroatoms. The Kier molecular flexibility index (Phi) is 4.63. The van der Waals surface area contributed by atoms with Crippen LogP contribution in [0.2, 0.25) is 5.02 Å². The van der Waals surface area contributed by atoms with Gasteiger partial charge in [-0.25, -0.2) is 4.39 Å². The van der Waals surface area contributed by atoms with Gasteiger partial charge >= 0.3 is 0 Å². The number of rotatable bonds is 4. The molecule has 0 fully saturated rings. The summed E-state index contributed by atoms with van der Waals surface area (Å²) in [6.45, 7) is 0. The fourth-order valence-electron chi connectivity index (χ4n) is 2.06. The molecule has 1 atom stereocenters. The van der Waals surface area contributed by atoms with Crippen molar-refractivity contribution in [2.24, 2.45) is 5.73 Å². The lowest BCUT2D eigenvalue weighted by Gasteiger charge is -2.16. The number of benzene rings is 2. The van der Waals surface area contributed by atoms with Gasteiger partial charge in [-0.15, -0.1) is 0 Å². The highest BCUT2D eigenvalue weighted by molar-refractivity contribution is 6.30. The standard InChI is InChI=1S/C16H18ClFN2/c1-20(2)13-6-4-12(5-7-13)16(19)10-11-3-8-15(18)14(17)9-11/h3-9,16H,10,19H2,1-2H3. The van der Waals surface area contributed by atoms with Crippen molar-refractivity contribution in [2.75, 3.05) is 19.0 Å². The van der Waals surface area contributed by atoms with Crippen LogP contribution in [0.4, 0.5) is 10.1 Å². The molecule has 0 saturated carbocycles. The lowest BCUT2D eigenvalue weighted by Crippen LogP contribution is -2.14. The topological polar surface area (TPSA) is 29.3 Å². The molecule has 0 amide bonds. The van der Waals surface area contributed by atoms with Gasteiger partial charge in [0.25, 0.3) is 0 Å². The Morgan fingerprint density at radius 3 is 2.35 bits per heavy atom. The highest BCUT2D eigenvalue weighted by atomic mass is 35.5. The molecule has 0 aliphatic rings. The molecule has 1 unspecified atom stereocenters. The van der Waals surface area contributed by atoms with Crippen molar-refractivity contribution in [1.82, 2.24) is 0 Å². The second-order valence-electron chi connectivity index (χ2n) is 5.05. The molecule has 2 rings (SSSR count). The van der Waals surface area contributed by atoms with Crippen LogP contribution in [0.15, 0.2) is 42.5 Å². The summed E-state index contributed by atoms with van der Waals surface area (Å²) in [7, 11) is 3.99. The van der Waals surface area contributed by atoms with E-state index in [0.29, 0.717) is 6.42 Å². The SMILES string of the molecule is CN(C)c1ccc(C(N)Cc2ccc(F)c(Cl)c2)cc1. The Bertz CT molecular complexity index is 582. The number of nitrogens with zero attached hydrogens (tertiary/aromatic N) is 1. The minimum atomic E-state index is -0.403. The molecule has 0 aliphatic heterocycles. The van der Waals surface area contributed by atoms with Crippen molar-refractivity contribution < 1.29 is 4.39 Å². The van der Waals surface area contributed by atoms with Gasteiger partial charge in [-0.05, 0) is 41.8 Å². The van der Waals surface area contributed by atoms with E-state index in [1.54, 1.807) is 12.1 Å². The Morgan fingerprint density at radius 2 is 1.80 bits per heavy atom. The van der Waals surface area contributed by atoms with Crippen molar-refractivity contribution in [1.29, 1.82) is 0 Å². The average Bonchev–Trinajstić information content (AvgIpc) is 2.43. The normalized spacial score (nSPS) is 12.2. The van der Waals surface area contributed by atoms with E-state index in [0.717, 1.165) is 16.8 Å². The molecule has 0 spiro atoms. The maximum Gasteiger partial charge on any atom is 0.141 e. The molecular weight excluding hydrogens is 275 g/mol. The summed E-state index contributed by atoms with van der Waals surface area (Å²) in [4.78, 5) is 2.04. The number of hydrogen-bond donors (Lipinski definition) is 1. The van der Waals surface area contributed by atoms with Crippen LogP contribution < -0.4 is 10.6 Å². The molecule has 0 aromatic heterocycles. The van der Waals surface area contributed by atoms with Gasteiger partial charge in [0, 0.05) is 25.8 Å². The molecule has 2 N–H and O–H groups in total. The molecule has 0 radical (unpaired) electrons. The van der Waals surface area contributed by atoms with E-state index in [9.17, 15) is 4.39 Å². The zero-order valence-electron chi connectivity index (χ0n) is 11.6. The van der Waals surface area contributed by atoms with Crippen LogP contribution in [0.3, 0.4) is 0 Å². The van der Waals surface area contributed by atoms with E-state index in [1.807, 2.05) is 43.3 Å². The summed E-state index contributed by atoms with van der Waals surface area (Å²) in [5.41, 5.74) is 9.30.